The van der Waals surface area contributed by atoms with Crippen LogP contribution in [0.5, 0.6) is 0 Å². The zero-order chi connectivity index (χ0) is 14.4. The average molecular weight is 301 g/mol. The Morgan fingerprint density at radius 3 is 2.76 bits per heavy atom. The molecule has 110 valence electrons. The second kappa shape index (κ2) is 5.10. The lowest BCUT2D eigenvalue weighted by Gasteiger charge is -2.11. The molecule has 2 aromatic rings. The van der Waals surface area contributed by atoms with Crippen LogP contribution in [0.25, 0.3) is 0 Å². The largest absolute Gasteiger partial charge is 0.326 e. The number of rotatable bonds is 5. The summed E-state index contributed by atoms with van der Waals surface area (Å²) in [7, 11) is 0. The van der Waals surface area contributed by atoms with Crippen LogP contribution in [-0.2, 0) is 6.54 Å². The van der Waals surface area contributed by atoms with Gasteiger partial charge in [-0.05, 0) is 56.0 Å². The highest BCUT2D eigenvalue weighted by atomic mass is 32.2. The number of nitrogens with two attached hydrogens (primary N) is 1. The summed E-state index contributed by atoms with van der Waals surface area (Å²) < 4.78 is 2.35. The Bertz CT molecular complexity index is 673. The first kappa shape index (κ1) is 13.3. The molecule has 2 aromatic heterocycles. The molecule has 4 rings (SSSR count). The molecule has 0 atom stereocenters. The van der Waals surface area contributed by atoms with Crippen LogP contribution in [0, 0.1) is 6.92 Å². The van der Waals surface area contributed by atoms with E-state index in [-0.39, 0.29) is 0 Å². The summed E-state index contributed by atoms with van der Waals surface area (Å²) in [5.41, 5.74) is 8.18. The summed E-state index contributed by atoms with van der Waals surface area (Å²) in [4.78, 5) is 4.50. The van der Waals surface area contributed by atoms with Gasteiger partial charge in [0.05, 0.1) is 0 Å². The number of hydrogen-bond donors (Lipinski definition) is 1. The molecular weight excluding hydrogens is 282 g/mol. The minimum atomic E-state index is 0.509. The highest BCUT2D eigenvalue weighted by Gasteiger charge is 2.36. The molecule has 0 saturated heterocycles. The van der Waals surface area contributed by atoms with Crippen LogP contribution in [0.4, 0.5) is 0 Å². The van der Waals surface area contributed by atoms with Crippen molar-refractivity contribution in [3.05, 3.63) is 29.2 Å². The molecule has 2 N–H and O–H groups in total. The van der Waals surface area contributed by atoms with Crippen molar-refractivity contribution >= 4 is 11.8 Å². The van der Waals surface area contributed by atoms with E-state index < -0.39 is 0 Å². The number of aryl methyl sites for hydroxylation is 1. The predicted molar refractivity (Wildman–Crippen MR) is 81.3 cm³/mol. The van der Waals surface area contributed by atoms with E-state index in [1.165, 1.54) is 37.1 Å². The Balaban J connectivity index is 1.70. The first-order chi connectivity index (χ1) is 10.3. The average Bonchev–Trinajstić information content (AvgIpc) is 3.39. The number of pyridine rings is 1. The van der Waals surface area contributed by atoms with Gasteiger partial charge in [0.15, 0.2) is 5.16 Å². The van der Waals surface area contributed by atoms with Crippen molar-refractivity contribution in [3.8, 4) is 0 Å². The van der Waals surface area contributed by atoms with Gasteiger partial charge in [-0.15, -0.1) is 10.2 Å². The minimum Gasteiger partial charge on any atom is -0.326 e. The van der Waals surface area contributed by atoms with Crippen LogP contribution >= 0.6 is 11.8 Å². The second-order valence-electron chi connectivity index (χ2n) is 5.93. The van der Waals surface area contributed by atoms with Gasteiger partial charge in [-0.25, -0.2) is 4.98 Å². The van der Waals surface area contributed by atoms with E-state index in [2.05, 4.69) is 26.7 Å². The monoisotopic (exact) mass is 301 g/mol. The zero-order valence-corrected chi connectivity index (χ0v) is 12.9. The summed E-state index contributed by atoms with van der Waals surface area (Å²) in [6.45, 7) is 2.59. The molecule has 0 aromatic carbocycles. The molecule has 0 bridgehead atoms. The van der Waals surface area contributed by atoms with E-state index in [1.54, 1.807) is 11.8 Å². The summed E-state index contributed by atoms with van der Waals surface area (Å²) in [6, 6.07) is 2.61. The van der Waals surface area contributed by atoms with Crippen LogP contribution in [0.15, 0.2) is 22.4 Å². The van der Waals surface area contributed by atoms with Gasteiger partial charge in [0.2, 0.25) is 0 Å². The van der Waals surface area contributed by atoms with Crippen molar-refractivity contribution in [2.24, 2.45) is 5.73 Å². The summed E-state index contributed by atoms with van der Waals surface area (Å²) >= 11 is 1.61. The Hall–Kier alpha value is -1.40. The van der Waals surface area contributed by atoms with Crippen LogP contribution in [-0.4, -0.2) is 19.7 Å². The fourth-order valence-electron chi connectivity index (χ4n) is 2.64. The predicted octanol–water partition coefficient (Wildman–Crippen LogP) is 2.80. The van der Waals surface area contributed by atoms with Crippen molar-refractivity contribution in [3.63, 3.8) is 0 Å². The molecule has 6 heteroatoms. The van der Waals surface area contributed by atoms with Crippen LogP contribution in [0.3, 0.4) is 0 Å². The number of aromatic nitrogens is 4. The van der Waals surface area contributed by atoms with Gasteiger partial charge in [-0.2, -0.15) is 0 Å². The molecule has 0 radical (unpaired) electrons. The van der Waals surface area contributed by atoms with Crippen molar-refractivity contribution < 1.29 is 0 Å². The van der Waals surface area contributed by atoms with E-state index in [4.69, 9.17) is 5.73 Å². The van der Waals surface area contributed by atoms with Gasteiger partial charge >= 0.3 is 0 Å². The van der Waals surface area contributed by atoms with E-state index in [0.717, 1.165) is 15.7 Å². The summed E-state index contributed by atoms with van der Waals surface area (Å²) in [6.07, 6.45) is 6.85. The van der Waals surface area contributed by atoms with Crippen LogP contribution in [0.2, 0.25) is 0 Å². The molecule has 2 aliphatic rings. The highest BCUT2D eigenvalue weighted by Crippen LogP contribution is 2.46. The van der Waals surface area contributed by atoms with Crippen molar-refractivity contribution in [1.82, 2.24) is 19.7 Å². The van der Waals surface area contributed by atoms with Crippen molar-refractivity contribution in [2.75, 3.05) is 0 Å². The van der Waals surface area contributed by atoms with E-state index >= 15 is 0 Å². The molecule has 0 amide bonds. The number of nitrogens with zero attached hydrogens (tertiary/aromatic N) is 4. The molecular formula is C15H19N5S. The van der Waals surface area contributed by atoms with Crippen LogP contribution < -0.4 is 5.73 Å². The molecule has 2 fully saturated rings. The zero-order valence-electron chi connectivity index (χ0n) is 12.1. The normalized spacial score (nSPS) is 18.2. The third-order valence-electron chi connectivity index (χ3n) is 4.19. The Morgan fingerprint density at radius 1 is 1.29 bits per heavy atom. The van der Waals surface area contributed by atoms with Gasteiger partial charge in [-0.3, -0.25) is 0 Å². The van der Waals surface area contributed by atoms with Gasteiger partial charge in [0.1, 0.15) is 10.9 Å². The van der Waals surface area contributed by atoms with Gasteiger partial charge in [0, 0.05) is 30.3 Å². The topological polar surface area (TPSA) is 69.6 Å². The maximum Gasteiger partial charge on any atom is 0.197 e. The van der Waals surface area contributed by atoms with Crippen LogP contribution in [0.1, 0.15) is 54.6 Å². The van der Waals surface area contributed by atoms with Gasteiger partial charge in [-0.1, -0.05) is 0 Å². The van der Waals surface area contributed by atoms with E-state index in [1.807, 2.05) is 12.3 Å². The van der Waals surface area contributed by atoms with Gasteiger partial charge < -0.3 is 10.3 Å². The molecule has 0 spiro atoms. The summed E-state index contributed by atoms with van der Waals surface area (Å²) in [5, 5.41) is 10.8. The molecule has 5 nitrogen and oxygen atoms in total. The molecule has 2 heterocycles. The third kappa shape index (κ3) is 2.46. The Kier molecular flexibility index (Phi) is 3.23. The smallest absolute Gasteiger partial charge is 0.197 e. The number of hydrogen-bond acceptors (Lipinski definition) is 5. The third-order valence-corrected chi connectivity index (χ3v) is 5.19. The molecule has 0 unspecified atom stereocenters. The molecule has 2 saturated carbocycles. The Morgan fingerprint density at radius 2 is 2.10 bits per heavy atom. The maximum atomic E-state index is 5.88. The van der Waals surface area contributed by atoms with E-state index in [0.29, 0.717) is 18.5 Å². The molecule has 21 heavy (non-hydrogen) atoms. The molecule has 2 aliphatic carbocycles. The summed E-state index contributed by atoms with van der Waals surface area (Å²) in [5.74, 6) is 1.81. The first-order valence-electron chi connectivity index (χ1n) is 7.55. The van der Waals surface area contributed by atoms with Crippen molar-refractivity contribution in [2.45, 2.75) is 61.3 Å². The quantitative estimate of drug-likeness (QED) is 0.919. The fraction of sp³-hybridized carbons (Fsp3) is 0.533. The first-order valence-corrected chi connectivity index (χ1v) is 8.36. The van der Waals surface area contributed by atoms with E-state index in [9.17, 15) is 0 Å². The minimum absolute atomic E-state index is 0.509. The lowest BCUT2D eigenvalue weighted by atomic mass is 10.2. The lowest BCUT2D eigenvalue weighted by Crippen LogP contribution is -2.05. The molecule has 0 aliphatic heterocycles. The fourth-order valence-corrected chi connectivity index (χ4v) is 3.72. The highest BCUT2D eigenvalue weighted by molar-refractivity contribution is 7.99. The van der Waals surface area contributed by atoms with Crippen molar-refractivity contribution in [1.29, 1.82) is 0 Å². The van der Waals surface area contributed by atoms with Gasteiger partial charge in [0.25, 0.3) is 0 Å². The lowest BCUT2D eigenvalue weighted by molar-refractivity contribution is 0.626. The standard InChI is InChI=1S/C15H19N5S/c1-9-6-7-17-14(12(9)8-16)21-15-19-18-13(10-2-3-10)20(15)11-4-5-11/h6-7,10-11H,2-5,8,16H2,1H3. The Labute approximate surface area is 128 Å². The SMILES string of the molecule is Cc1ccnc(Sc2nnc(C3CC3)n2C2CC2)c1CN. The maximum absolute atomic E-state index is 5.88. The second-order valence-corrected chi connectivity index (χ2v) is 6.89.